The highest BCUT2D eigenvalue weighted by atomic mass is 16.5. The van der Waals surface area contributed by atoms with Gasteiger partial charge in [-0.1, -0.05) is 31.5 Å². The fourth-order valence-electron chi connectivity index (χ4n) is 3.78. The van der Waals surface area contributed by atoms with Gasteiger partial charge < -0.3 is 15.5 Å². The molecule has 2 heterocycles. The Bertz CT molecular complexity index is 1350. The molecule has 0 spiro atoms. The summed E-state index contributed by atoms with van der Waals surface area (Å²) in [5, 5.41) is 4.49. The molecular formula is C24H25N5O3. The molecule has 0 saturated carbocycles. The summed E-state index contributed by atoms with van der Waals surface area (Å²) in [7, 11) is 1.75. The predicted molar refractivity (Wildman–Crippen MR) is 124 cm³/mol. The Morgan fingerprint density at radius 2 is 1.84 bits per heavy atom. The van der Waals surface area contributed by atoms with Gasteiger partial charge in [-0.2, -0.15) is 5.10 Å². The van der Waals surface area contributed by atoms with Gasteiger partial charge in [0.15, 0.2) is 5.52 Å². The largest absolute Gasteiger partial charge is 0.493 e. The molecule has 0 radical (unpaired) electrons. The van der Waals surface area contributed by atoms with Crippen LogP contribution in [0, 0.1) is 0 Å². The monoisotopic (exact) mass is 431 g/mol. The van der Waals surface area contributed by atoms with Crippen LogP contribution >= 0.6 is 0 Å². The van der Waals surface area contributed by atoms with Gasteiger partial charge >= 0.3 is 0 Å². The first-order valence-corrected chi connectivity index (χ1v) is 10.6. The minimum absolute atomic E-state index is 0.249. The van der Waals surface area contributed by atoms with Gasteiger partial charge in [-0.3, -0.25) is 14.3 Å². The molecule has 2 aromatic heterocycles. The Kier molecular flexibility index (Phi) is 5.77. The summed E-state index contributed by atoms with van der Waals surface area (Å²) >= 11 is 0. The SMILES string of the molecule is CCCc1nn(C)c2c(=O)[nH]c(-c3cc(-c4ccc(C(N)=O)cc4)ccc3OCC)nc12. The van der Waals surface area contributed by atoms with Crippen LogP contribution in [0.15, 0.2) is 47.3 Å². The average Bonchev–Trinajstić information content (AvgIpc) is 3.10. The zero-order valence-corrected chi connectivity index (χ0v) is 18.3. The molecule has 4 aromatic rings. The van der Waals surface area contributed by atoms with Crippen molar-refractivity contribution in [3.8, 4) is 28.3 Å². The number of ether oxygens (including phenoxy) is 1. The standard InChI is InChI=1S/C24H25N5O3/c1-4-6-18-20-21(29(3)28-18)24(31)27-23(26-20)17-13-16(11-12-19(17)32-5-2)14-7-9-15(10-8-14)22(25)30/h7-13H,4-6H2,1-3H3,(H2,25,30)(H,26,27,31). The second-order valence-electron chi connectivity index (χ2n) is 7.52. The molecule has 0 atom stereocenters. The molecule has 2 aromatic carbocycles. The van der Waals surface area contributed by atoms with E-state index in [-0.39, 0.29) is 5.56 Å². The number of aromatic nitrogens is 4. The van der Waals surface area contributed by atoms with Crippen molar-refractivity contribution < 1.29 is 9.53 Å². The summed E-state index contributed by atoms with van der Waals surface area (Å²) in [6.07, 6.45) is 1.63. The van der Waals surface area contributed by atoms with Crippen LogP contribution in [0.3, 0.4) is 0 Å². The molecule has 8 nitrogen and oxygen atoms in total. The predicted octanol–water partition coefficient (Wildman–Crippen LogP) is 3.44. The van der Waals surface area contributed by atoms with Crippen molar-refractivity contribution in [2.45, 2.75) is 26.7 Å². The molecule has 0 saturated heterocycles. The van der Waals surface area contributed by atoms with Gasteiger partial charge in [0.25, 0.3) is 5.56 Å². The number of amides is 1. The van der Waals surface area contributed by atoms with Crippen molar-refractivity contribution in [2.24, 2.45) is 12.8 Å². The number of fused-ring (bicyclic) bond motifs is 1. The third-order valence-corrected chi connectivity index (χ3v) is 5.29. The van der Waals surface area contributed by atoms with E-state index in [0.717, 1.165) is 29.7 Å². The van der Waals surface area contributed by atoms with E-state index in [2.05, 4.69) is 17.0 Å². The lowest BCUT2D eigenvalue weighted by Gasteiger charge is -2.12. The highest BCUT2D eigenvalue weighted by Gasteiger charge is 2.18. The lowest BCUT2D eigenvalue weighted by molar-refractivity contribution is 0.100. The normalized spacial score (nSPS) is 11.1. The number of H-pyrrole nitrogens is 1. The molecule has 1 amide bonds. The van der Waals surface area contributed by atoms with E-state index in [0.29, 0.717) is 40.3 Å². The first-order chi connectivity index (χ1) is 15.4. The molecule has 0 fully saturated rings. The summed E-state index contributed by atoms with van der Waals surface area (Å²) in [6.45, 7) is 4.44. The van der Waals surface area contributed by atoms with Crippen LogP contribution in [0.5, 0.6) is 5.75 Å². The Morgan fingerprint density at radius 1 is 1.12 bits per heavy atom. The van der Waals surface area contributed by atoms with Crippen LogP contribution < -0.4 is 16.0 Å². The Balaban J connectivity index is 1.88. The zero-order chi connectivity index (χ0) is 22.8. The lowest BCUT2D eigenvalue weighted by atomic mass is 10.0. The van der Waals surface area contributed by atoms with Crippen molar-refractivity contribution in [1.29, 1.82) is 0 Å². The summed E-state index contributed by atoms with van der Waals surface area (Å²) in [4.78, 5) is 31.9. The van der Waals surface area contributed by atoms with E-state index in [1.165, 1.54) is 0 Å². The van der Waals surface area contributed by atoms with Crippen molar-refractivity contribution in [3.05, 3.63) is 64.1 Å². The third-order valence-electron chi connectivity index (χ3n) is 5.29. The fourth-order valence-corrected chi connectivity index (χ4v) is 3.78. The van der Waals surface area contributed by atoms with Crippen LogP contribution in [0.2, 0.25) is 0 Å². The number of benzene rings is 2. The number of hydrogen-bond acceptors (Lipinski definition) is 5. The summed E-state index contributed by atoms with van der Waals surface area (Å²) < 4.78 is 7.40. The average molecular weight is 431 g/mol. The molecule has 0 aliphatic heterocycles. The van der Waals surface area contributed by atoms with Gasteiger partial charge in [-0.05, 0) is 48.7 Å². The van der Waals surface area contributed by atoms with Crippen molar-refractivity contribution in [2.75, 3.05) is 6.61 Å². The third kappa shape index (κ3) is 3.87. The molecule has 0 bridgehead atoms. The molecule has 8 heteroatoms. The molecule has 3 N–H and O–H groups in total. The number of primary amides is 1. The number of aryl methyl sites for hydroxylation is 2. The maximum absolute atomic E-state index is 12.9. The maximum atomic E-state index is 12.9. The van der Waals surface area contributed by atoms with Gasteiger partial charge in [-0.15, -0.1) is 0 Å². The number of hydrogen-bond donors (Lipinski definition) is 2. The molecule has 0 aliphatic rings. The van der Waals surface area contributed by atoms with Gasteiger partial charge in [0.2, 0.25) is 5.91 Å². The van der Waals surface area contributed by atoms with E-state index < -0.39 is 5.91 Å². The number of nitrogens with zero attached hydrogens (tertiary/aromatic N) is 3. The topological polar surface area (TPSA) is 116 Å². The van der Waals surface area contributed by atoms with Crippen LogP contribution in [-0.2, 0) is 13.5 Å². The molecule has 0 unspecified atom stereocenters. The molecule has 4 rings (SSSR count). The lowest BCUT2D eigenvalue weighted by Crippen LogP contribution is -2.13. The van der Waals surface area contributed by atoms with E-state index in [9.17, 15) is 9.59 Å². The Hall–Kier alpha value is -3.94. The number of carbonyl (C=O) groups is 1. The minimum atomic E-state index is -0.474. The van der Waals surface area contributed by atoms with Gasteiger partial charge in [0.05, 0.1) is 17.9 Å². The number of nitrogens with one attached hydrogen (secondary N) is 1. The van der Waals surface area contributed by atoms with E-state index in [1.54, 1.807) is 23.9 Å². The first-order valence-electron chi connectivity index (χ1n) is 10.6. The van der Waals surface area contributed by atoms with Crippen molar-refractivity contribution in [3.63, 3.8) is 0 Å². The minimum Gasteiger partial charge on any atom is -0.493 e. The van der Waals surface area contributed by atoms with Crippen LogP contribution in [0.1, 0.15) is 36.3 Å². The van der Waals surface area contributed by atoms with Gasteiger partial charge in [-0.25, -0.2) is 4.98 Å². The summed E-state index contributed by atoms with van der Waals surface area (Å²) in [5.74, 6) is 0.568. The highest BCUT2D eigenvalue weighted by molar-refractivity contribution is 5.93. The summed E-state index contributed by atoms with van der Waals surface area (Å²) in [6, 6.07) is 12.7. The quantitative estimate of drug-likeness (QED) is 0.465. The maximum Gasteiger partial charge on any atom is 0.277 e. The van der Waals surface area contributed by atoms with Crippen LogP contribution in [0.4, 0.5) is 0 Å². The van der Waals surface area contributed by atoms with E-state index in [1.807, 2.05) is 37.3 Å². The first kappa shape index (κ1) is 21.3. The fraction of sp³-hybridized carbons (Fsp3) is 0.250. The van der Waals surface area contributed by atoms with E-state index in [4.69, 9.17) is 15.5 Å². The number of rotatable bonds is 7. The smallest absolute Gasteiger partial charge is 0.277 e. The van der Waals surface area contributed by atoms with Crippen LogP contribution in [-0.4, -0.2) is 32.3 Å². The molecule has 164 valence electrons. The Labute approximate surface area is 185 Å². The Morgan fingerprint density at radius 3 is 2.50 bits per heavy atom. The van der Waals surface area contributed by atoms with Crippen molar-refractivity contribution in [1.82, 2.24) is 19.7 Å². The second-order valence-corrected chi connectivity index (χ2v) is 7.52. The number of nitrogens with two attached hydrogens (primary N) is 1. The molecule has 0 aliphatic carbocycles. The van der Waals surface area contributed by atoms with Crippen molar-refractivity contribution >= 4 is 16.9 Å². The number of carbonyl (C=O) groups excluding carboxylic acids is 1. The van der Waals surface area contributed by atoms with Crippen LogP contribution in [0.25, 0.3) is 33.5 Å². The van der Waals surface area contributed by atoms with Gasteiger partial charge in [0, 0.05) is 12.6 Å². The second kappa shape index (κ2) is 8.66. The van der Waals surface area contributed by atoms with Gasteiger partial charge in [0.1, 0.15) is 17.1 Å². The molecular weight excluding hydrogens is 406 g/mol. The summed E-state index contributed by atoms with van der Waals surface area (Å²) in [5.41, 5.74) is 9.86. The van der Waals surface area contributed by atoms with E-state index >= 15 is 0 Å². The zero-order valence-electron chi connectivity index (χ0n) is 18.3. The number of aromatic amines is 1. The highest BCUT2D eigenvalue weighted by Crippen LogP contribution is 2.33. The molecule has 32 heavy (non-hydrogen) atoms.